The Morgan fingerprint density at radius 2 is 1.85 bits per heavy atom. The van der Waals surface area contributed by atoms with Gasteiger partial charge >= 0.3 is 0 Å². The Morgan fingerprint density at radius 1 is 1.12 bits per heavy atom. The topological polar surface area (TPSA) is 83.1 Å². The second kappa shape index (κ2) is 9.93. The van der Waals surface area contributed by atoms with Crippen LogP contribution in [-0.2, 0) is 17.8 Å². The molecule has 3 amide bonds. The molecule has 0 spiro atoms. The van der Waals surface area contributed by atoms with E-state index in [0.717, 1.165) is 75.7 Å². The zero-order chi connectivity index (χ0) is 23.7. The highest BCUT2D eigenvalue weighted by molar-refractivity contribution is 7.09. The van der Waals surface area contributed by atoms with Gasteiger partial charge in [0.05, 0.1) is 43.1 Å². The molecular weight excluding hydrogens is 452 g/mol. The van der Waals surface area contributed by atoms with Crippen LogP contribution in [0.5, 0.6) is 0 Å². The number of aromatic nitrogens is 1. The highest BCUT2D eigenvalue weighted by Crippen LogP contribution is 2.31. The van der Waals surface area contributed by atoms with Gasteiger partial charge in [0.2, 0.25) is 0 Å². The van der Waals surface area contributed by atoms with Gasteiger partial charge in [-0.05, 0) is 31.0 Å². The lowest BCUT2D eigenvalue weighted by Crippen LogP contribution is -2.40. The number of benzene rings is 1. The summed E-state index contributed by atoms with van der Waals surface area (Å²) >= 11 is 1.60. The van der Waals surface area contributed by atoms with E-state index in [9.17, 15) is 14.4 Å². The Balaban J connectivity index is 1.25. The molecule has 1 saturated carbocycles. The predicted molar refractivity (Wildman–Crippen MR) is 128 cm³/mol. The number of ether oxygens (including phenoxy) is 1. The van der Waals surface area contributed by atoms with Crippen LogP contribution in [0, 0.1) is 0 Å². The zero-order valence-electron chi connectivity index (χ0n) is 19.5. The highest BCUT2D eigenvalue weighted by Gasteiger charge is 2.40. The van der Waals surface area contributed by atoms with Gasteiger partial charge in [-0.15, -0.1) is 11.3 Å². The molecule has 0 unspecified atom stereocenters. The maximum atomic E-state index is 13.1. The van der Waals surface area contributed by atoms with Gasteiger partial charge < -0.3 is 9.64 Å². The molecule has 5 rings (SSSR count). The van der Waals surface area contributed by atoms with Gasteiger partial charge in [-0.2, -0.15) is 0 Å². The molecule has 8 nitrogen and oxygen atoms in total. The minimum Gasteiger partial charge on any atom is -0.379 e. The van der Waals surface area contributed by atoms with Crippen molar-refractivity contribution in [2.75, 3.05) is 33.4 Å². The molecule has 9 heteroatoms. The summed E-state index contributed by atoms with van der Waals surface area (Å²) in [5.41, 5.74) is 2.01. The fourth-order valence-electron chi connectivity index (χ4n) is 5.04. The third-order valence-corrected chi connectivity index (χ3v) is 7.79. The van der Waals surface area contributed by atoms with E-state index >= 15 is 0 Å². The quantitative estimate of drug-likeness (QED) is 0.588. The molecular formula is C25H30N4O4S. The molecule has 3 heterocycles. The number of rotatable bonds is 6. The Bertz CT molecular complexity index is 1090. The first-order valence-corrected chi connectivity index (χ1v) is 12.9. The molecule has 1 aromatic carbocycles. The van der Waals surface area contributed by atoms with Crippen LogP contribution >= 0.6 is 11.3 Å². The second-order valence-corrected chi connectivity index (χ2v) is 10.3. The Labute approximate surface area is 203 Å². The van der Waals surface area contributed by atoms with E-state index in [4.69, 9.17) is 9.72 Å². The fraction of sp³-hybridized carbons (Fsp3) is 0.520. The van der Waals surface area contributed by atoms with Crippen molar-refractivity contribution in [3.63, 3.8) is 0 Å². The molecule has 2 aliphatic heterocycles. The van der Waals surface area contributed by atoms with Crippen molar-refractivity contribution in [1.82, 2.24) is 19.7 Å². The van der Waals surface area contributed by atoms with E-state index in [1.54, 1.807) is 41.5 Å². The molecule has 0 N–H and O–H groups in total. The molecule has 3 aliphatic rings. The summed E-state index contributed by atoms with van der Waals surface area (Å²) < 4.78 is 5.40. The van der Waals surface area contributed by atoms with Gasteiger partial charge in [-0.1, -0.05) is 19.3 Å². The standard InChI is InChI=1S/C25H30N4O4S/c1-27(14-18-16-34-22(26-18)15-28-9-11-33-12-10-28)23(30)17-7-8-20-21(13-17)25(32)29(24(20)31)19-5-3-2-4-6-19/h7-8,13,16,19H,2-6,9-12,14-15H2,1H3. The number of carbonyl (C=O) groups is 3. The van der Waals surface area contributed by atoms with Crippen LogP contribution in [0.4, 0.5) is 0 Å². The van der Waals surface area contributed by atoms with Crippen LogP contribution in [0.2, 0.25) is 0 Å². The minimum absolute atomic E-state index is 0.0284. The Hall–Kier alpha value is -2.62. The summed E-state index contributed by atoms with van der Waals surface area (Å²) in [6.45, 7) is 4.50. The molecule has 2 fully saturated rings. The van der Waals surface area contributed by atoms with E-state index in [1.165, 1.54) is 4.90 Å². The van der Waals surface area contributed by atoms with Gasteiger partial charge in [-0.25, -0.2) is 4.98 Å². The van der Waals surface area contributed by atoms with Gasteiger partial charge in [0.1, 0.15) is 5.01 Å². The summed E-state index contributed by atoms with van der Waals surface area (Å²) in [4.78, 5) is 49.1. The van der Waals surface area contributed by atoms with Crippen molar-refractivity contribution in [2.24, 2.45) is 0 Å². The number of thiazole rings is 1. The molecule has 34 heavy (non-hydrogen) atoms. The number of morpholine rings is 1. The smallest absolute Gasteiger partial charge is 0.261 e. The fourth-order valence-corrected chi connectivity index (χ4v) is 5.87. The number of nitrogens with zero attached hydrogens (tertiary/aromatic N) is 4. The van der Waals surface area contributed by atoms with E-state index in [1.807, 2.05) is 5.38 Å². The lowest BCUT2D eigenvalue weighted by atomic mass is 9.94. The third-order valence-electron chi connectivity index (χ3n) is 6.91. The van der Waals surface area contributed by atoms with Crippen molar-refractivity contribution >= 4 is 29.1 Å². The van der Waals surface area contributed by atoms with E-state index in [-0.39, 0.29) is 23.8 Å². The van der Waals surface area contributed by atoms with Gasteiger partial charge in [0.15, 0.2) is 0 Å². The number of carbonyl (C=O) groups excluding carboxylic acids is 3. The SMILES string of the molecule is CN(Cc1csc(CN2CCOCC2)n1)C(=O)c1ccc2c(c1)C(=O)N(C1CCCCC1)C2=O. The van der Waals surface area contributed by atoms with Crippen LogP contribution in [0.1, 0.15) is 73.9 Å². The summed E-state index contributed by atoms with van der Waals surface area (Å²) in [6, 6.07) is 4.84. The molecule has 1 aromatic heterocycles. The van der Waals surface area contributed by atoms with Gasteiger partial charge in [0, 0.05) is 37.1 Å². The average Bonchev–Trinajstić information content (AvgIpc) is 3.40. The highest BCUT2D eigenvalue weighted by atomic mass is 32.1. The molecule has 0 atom stereocenters. The first-order valence-electron chi connectivity index (χ1n) is 12.0. The van der Waals surface area contributed by atoms with Crippen LogP contribution in [0.25, 0.3) is 0 Å². The summed E-state index contributed by atoms with van der Waals surface area (Å²) in [6.07, 6.45) is 4.95. The van der Waals surface area contributed by atoms with Crippen molar-refractivity contribution in [3.8, 4) is 0 Å². The second-order valence-electron chi connectivity index (χ2n) is 9.31. The van der Waals surface area contributed by atoms with E-state index in [2.05, 4.69) is 4.90 Å². The minimum atomic E-state index is -0.267. The normalized spacial score (nSPS) is 19.5. The summed E-state index contributed by atoms with van der Waals surface area (Å²) in [5.74, 6) is -0.687. The van der Waals surface area contributed by atoms with Crippen molar-refractivity contribution in [3.05, 3.63) is 51.0 Å². The average molecular weight is 483 g/mol. The van der Waals surface area contributed by atoms with E-state index < -0.39 is 0 Å². The first kappa shape index (κ1) is 23.1. The first-order chi connectivity index (χ1) is 16.5. The number of amides is 3. The Morgan fingerprint density at radius 3 is 2.62 bits per heavy atom. The Kier molecular flexibility index (Phi) is 6.76. The van der Waals surface area contributed by atoms with Crippen molar-refractivity contribution < 1.29 is 19.1 Å². The van der Waals surface area contributed by atoms with Gasteiger partial charge in [0.25, 0.3) is 17.7 Å². The lowest BCUT2D eigenvalue weighted by molar-refractivity contribution is 0.0341. The third kappa shape index (κ3) is 4.64. The predicted octanol–water partition coefficient (Wildman–Crippen LogP) is 3.18. The number of fused-ring (bicyclic) bond motifs is 1. The van der Waals surface area contributed by atoms with Crippen molar-refractivity contribution in [1.29, 1.82) is 0 Å². The number of hydrogen-bond donors (Lipinski definition) is 0. The zero-order valence-corrected chi connectivity index (χ0v) is 20.3. The molecule has 180 valence electrons. The monoisotopic (exact) mass is 482 g/mol. The summed E-state index contributed by atoms with van der Waals surface area (Å²) in [7, 11) is 1.73. The summed E-state index contributed by atoms with van der Waals surface area (Å²) in [5, 5.41) is 3.02. The van der Waals surface area contributed by atoms with Crippen molar-refractivity contribution in [2.45, 2.75) is 51.2 Å². The number of hydrogen-bond acceptors (Lipinski definition) is 7. The molecule has 0 bridgehead atoms. The molecule has 2 aromatic rings. The van der Waals surface area contributed by atoms with Crippen LogP contribution in [0.3, 0.4) is 0 Å². The van der Waals surface area contributed by atoms with E-state index in [0.29, 0.717) is 23.2 Å². The maximum Gasteiger partial charge on any atom is 0.261 e. The lowest BCUT2D eigenvalue weighted by Gasteiger charge is -2.29. The largest absolute Gasteiger partial charge is 0.379 e. The van der Waals surface area contributed by atoms with Gasteiger partial charge in [-0.3, -0.25) is 24.2 Å². The molecule has 1 aliphatic carbocycles. The van der Waals surface area contributed by atoms with Crippen LogP contribution < -0.4 is 0 Å². The maximum absolute atomic E-state index is 13.1. The molecule has 1 saturated heterocycles. The van der Waals surface area contributed by atoms with Crippen LogP contribution in [-0.4, -0.2) is 76.8 Å². The molecule has 0 radical (unpaired) electrons. The number of imide groups is 1. The van der Waals surface area contributed by atoms with Crippen LogP contribution in [0.15, 0.2) is 23.6 Å².